The van der Waals surface area contributed by atoms with Crippen molar-refractivity contribution in [1.82, 2.24) is 10.2 Å². The highest BCUT2D eigenvalue weighted by atomic mass is 35.5. The molecule has 18 heavy (non-hydrogen) atoms. The van der Waals surface area contributed by atoms with E-state index in [0.29, 0.717) is 12.1 Å². The minimum absolute atomic E-state index is 0.278. The summed E-state index contributed by atoms with van der Waals surface area (Å²) in [6.07, 6.45) is 3.75. The molecule has 98 valence electrons. The zero-order valence-corrected chi connectivity index (χ0v) is 11.1. The molecule has 0 aliphatic carbocycles. The normalized spacial score (nSPS) is 28.3. The third kappa shape index (κ3) is 2.53. The van der Waals surface area contributed by atoms with Gasteiger partial charge in [0, 0.05) is 31.7 Å². The Morgan fingerprint density at radius 1 is 1.28 bits per heavy atom. The van der Waals surface area contributed by atoms with Gasteiger partial charge in [-0.25, -0.2) is 4.39 Å². The van der Waals surface area contributed by atoms with Gasteiger partial charge < -0.3 is 5.32 Å². The maximum Gasteiger partial charge on any atom is 0.142 e. The van der Waals surface area contributed by atoms with Crippen LogP contribution in [0.3, 0.4) is 0 Å². The second-order valence-electron chi connectivity index (χ2n) is 5.37. The predicted molar refractivity (Wildman–Crippen MR) is 71.2 cm³/mol. The van der Waals surface area contributed by atoms with Crippen LogP contribution in [0.4, 0.5) is 4.39 Å². The third-order valence-electron chi connectivity index (χ3n) is 4.03. The van der Waals surface area contributed by atoms with E-state index in [1.165, 1.54) is 25.3 Å². The van der Waals surface area contributed by atoms with Gasteiger partial charge in [-0.3, -0.25) is 4.90 Å². The van der Waals surface area contributed by atoms with Crippen LogP contribution in [0.2, 0.25) is 5.02 Å². The van der Waals surface area contributed by atoms with Crippen molar-refractivity contribution >= 4 is 11.6 Å². The van der Waals surface area contributed by atoms with Crippen molar-refractivity contribution in [1.29, 1.82) is 0 Å². The molecule has 1 N–H and O–H groups in total. The average Bonchev–Trinajstić information content (AvgIpc) is 2.68. The Bertz CT molecular complexity index is 438. The van der Waals surface area contributed by atoms with E-state index in [1.807, 2.05) is 6.07 Å². The number of nitrogens with one attached hydrogen (secondary N) is 1. The highest BCUT2D eigenvalue weighted by Gasteiger charge is 2.29. The van der Waals surface area contributed by atoms with Crippen molar-refractivity contribution in [2.75, 3.05) is 13.1 Å². The zero-order chi connectivity index (χ0) is 12.5. The average molecular weight is 269 g/mol. The molecule has 0 amide bonds. The predicted octanol–water partition coefficient (Wildman–Crippen LogP) is 2.81. The molecule has 0 saturated carbocycles. The molecule has 2 bridgehead atoms. The van der Waals surface area contributed by atoms with Crippen LogP contribution in [0, 0.1) is 5.82 Å². The SMILES string of the molecule is Fc1cccc(CN2CCC3CCC(C2)N3)c1Cl. The van der Waals surface area contributed by atoms with Crippen LogP contribution in [0.25, 0.3) is 0 Å². The van der Waals surface area contributed by atoms with Crippen molar-refractivity contribution in [2.24, 2.45) is 0 Å². The number of nitrogens with zero attached hydrogens (tertiary/aromatic N) is 1. The lowest BCUT2D eigenvalue weighted by Gasteiger charge is -2.24. The van der Waals surface area contributed by atoms with Gasteiger partial charge in [0.25, 0.3) is 0 Å². The first kappa shape index (κ1) is 12.4. The van der Waals surface area contributed by atoms with E-state index in [0.717, 1.165) is 25.2 Å². The van der Waals surface area contributed by atoms with Crippen LogP contribution in [0.5, 0.6) is 0 Å². The maximum absolute atomic E-state index is 13.4. The molecule has 2 fully saturated rings. The van der Waals surface area contributed by atoms with Gasteiger partial charge in [-0.15, -0.1) is 0 Å². The molecule has 2 nitrogen and oxygen atoms in total. The van der Waals surface area contributed by atoms with Gasteiger partial charge >= 0.3 is 0 Å². The van der Waals surface area contributed by atoms with Crippen LogP contribution in [-0.4, -0.2) is 30.1 Å². The van der Waals surface area contributed by atoms with E-state index in [4.69, 9.17) is 11.6 Å². The number of halogens is 2. The van der Waals surface area contributed by atoms with Crippen LogP contribution in [0.1, 0.15) is 24.8 Å². The molecule has 1 aromatic rings. The standard InChI is InChI=1S/C14H18ClFN2/c15-14-10(2-1-3-13(14)16)8-18-7-6-11-4-5-12(9-18)17-11/h1-3,11-12,17H,4-9H2. The van der Waals surface area contributed by atoms with Gasteiger partial charge in [0.2, 0.25) is 0 Å². The number of hydrogen-bond donors (Lipinski definition) is 1. The van der Waals surface area contributed by atoms with Gasteiger partial charge in [-0.2, -0.15) is 0 Å². The molecule has 1 aromatic carbocycles. The lowest BCUT2D eigenvalue weighted by molar-refractivity contribution is 0.250. The van der Waals surface area contributed by atoms with Gasteiger partial charge in [0.05, 0.1) is 5.02 Å². The first-order chi connectivity index (χ1) is 8.72. The fourth-order valence-corrected chi connectivity index (χ4v) is 3.26. The van der Waals surface area contributed by atoms with Crippen LogP contribution in [0.15, 0.2) is 18.2 Å². The van der Waals surface area contributed by atoms with Crippen molar-refractivity contribution < 1.29 is 4.39 Å². The van der Waals surface area contributed by atoms with Gasteiger partial charge in [0.1, 0.15) is 5.82 Å². The van der Waals surface area contributed by atoms with E-state index >= 15 is 0 Å². The Balaban J connectivity index is 1.70. The molecule has 2 atom stereocenters. The van der Waals surface area contributed by atoms with Crippen molar-refractivity contribution in [3.63, 3.8) is 0 Å². The molecule has 0 aromatic heterocycles. The molecular formula is C14H18ClFN2. The molecule has 0 spiro atoms. The first-order valence-electron chi connectivity index (χ1n) is 6.63. The minimum atomic E-state index is -0.316. The quantitative estimate of drug-likeness (QED) is 0.887. The van der Waals surface area contributed by atoms with Crippen LogP contribution < -0.4 is 5.32 Å². The molecule has 2 unspecified atom stereocenters. The van der Waals surface area contributed by atoms with E-state index < -0.39 is 0 Å². The second-order valence-corrected chi connectivity index (χ2v) is 5.75. The molecule has 0 radical (unpaired) electrons. The third-order valence-corrected chi connectivity index (χ3v) is 4.46. The number of fused-ring (bicyclic) bond motifs is 2. The molecule has 2 aliphatic rings. The summed E-state index contributed by atoms with van der Waals surface area (Å²) in [5, 5.41) is 3.92. The fourth-order valence-electron chi connectivity index (χ4n) is 3.07. The van der Waals surface area contributed by atoms with Gasteiger partial charge in [0.15, 0.2) is 0 Å². The van der Waals surface area contributed by atoms with Crippen LogP contribution >= 0.6 is 11.6 Å². The van der Waals surface area contributed by atoms with Crippen molar-refractivity contribution in [2.45, 2.75) is 37.9 Å². The Morgan fingerprint density at radius 2 is 2.11 bits per heavy atom. The highest BCUT2D eigenvalue weighted by Crippen LogP contribution is 2.25. The molecular weight excluding hydrogens is 251 g/mol. The van der Waals surface area contributed by atoms with Crippen molar-refractivity contribution in [3.8, 4) is 0 Å². The van der Waals surface area contributed by atoms with E-state index in [2.05, 4.69) is 10.2 Å². The summed E-state index contributed by atoms with van der Waals surface area (Å²) in [7, 11) is 0. The summed E-state index contributed by atoms with van der Waals surface area (Å²) in [5.41, 5.74) is 0.898. The lowest BCUT2D eigenvalue weighted by atomic mass is 10.1. The summed E-state index contributed by atoms with van der Waals surface area (Å²) >= 11 is 6.01. The van der Waals surface area contributed by atoms with Crippen LogP contribution in [-0.2, 0) is 6.54 Å². The summed E-state index contributed by atoms with van der Waals surface area (Å²) in [6, 6.07) is 6.35. The summed E-state index contributed by atoms with van der Waals surface area (Å²) in [6.45, 7) is 2.87. The summed E-state index contributed by atoms with van der Waals surface area (Å²) in [4.78, 5) is 2.39. The zero-order valence-electron chi connectivity index (χ0n) is 10.3. The van der Waals surface area contributed by atoms with Crippen molar-refractivity contribution in [3.05, 3.63) is 34.6 Å². The highest BCUT2D eigenvalue weighted by molar-refractivity contribution is 6.31. The molecule has 3 rings (SSSR count). The Labute approximate surface area is 112 Å². The summed E-state index contributed by atoms with van der Waals surface area (Å²) in [5.74, 6) is -0.316. The monoisotopic (exact) mass is 268 g/mol. The lowest BCUT2D eigenvalue weighted by Crippen LogP contribution is -2.35. The smallest absolute Gasteiger partial charge is 0.142 e. The largest absolute Gasteiger partial charge is 0.310 e. The molecule has 2 heterocycles. The van der Waals surface area contributed by atoms with E-state index in [9.17, 15) is 4.39 Å². The number of hydrogen-bond acceptors (Lipinski definition) is 2. The second kappa shape index (κ2) is 5.16. The summed E-state index contributed by atoms with van der Waals surface area (Å²) < 4.78 is 13.4. The minimum Gasteiger partial charge on any atom is -0.310 e. The van der Waals surface area contributed by atoms with E-state index in [-0.39, 0.29) is 10.8 Å². The maximum atomic E-state index is 13.4. The number of rotatable bonds is 2. The van der Waals surface area contributed by atoms with Gasteiger partial charge in [-0.1, -0.05) is 23.7 Å². The Hall–Kier alpha value is -0.640. The number of benzene rings is 1. The Kier molecular flexibility index (Phi) is 3.55. The fraction of sp³-hybridized carbons (Fsp3) is 0.571. The molecule has 2 aliphatic heterocycles. The Morgan fingerprint density at radius 3 is 3.00 bits per heavy atom. The van der Waals surface area contributed by atoms with Gasteiger partial charge in [-0.05, 0) is 30.9 Å². The number of likely N-dealkylation sites (tertiary alicyclic amines) is 1. The first-order valence-corrected chi connectivity index (χ1v) is 7.01. The molecule has 2 saturated heterocycles. The topological polar surface area (TPSA) is 15.3 Å². The van der Waals surface area contributed by atoms with E-state index in [1.54, 1.807) is 6.07 Å². The molecule has 4 heteroatoms.